The van der Waals surface area contributed by atoms with E-state index >= 15 is 0 Å². The van der Waals surface area contributed by atoms with Gasteiger partial charge in [-0.15, -0.1) is 11.8 Å². The summed E-state index contributed by atoms with van der Waals surface area (Å²) in [4.78, 5) is 1.18. The van der Waals surface area contributed by atoms with Gasteiger partial charge in [0.1, 0.15) is 0 Å². The van der Waals surface area contributed by atoms with Crippen molar-refractivity contribution < 1.29 is 0 Å². The van der Waals surface area contributed by atoms with Gasteiger partial charge >= 0.3 is 0 Å². The molecular formula is C6H13NS. The van der Waals surface area contributed by atoms with Crippen LogP contribution < -0.4 is 6.15 Å². The molecule has 0 aromatic heterocycles. The minimum Gasteiger partial charge on any atom is -0.344 e. The van der Waals surface area contributed by atoms with Gasteiger partial charge in [0.2, 0.25) is 0 Å². The molecule has 0 bridgehead atoms. The molecule has 0 aromatic rings. The summed E-state index contributed by atoms with van der Waals surface area (Å²) in [6.07, 6.45) is 1.04. The largest absolute Gasteiger partial charge is 0.344 e. The molecule has 1 nitrogen and oxygen atoms in total. The van der Waals surface area contributed by atoms with E-state index in [4.69, 9.17) is 0 Å². The van der Waals surface area contributed by atoms with Crippen molar-refractivity contribution in [2.45, 2.75) is 13.3 Å². The summed E-state index contributed by atoms with van der Waals surface area (Å²) in [5, 5.41) is 1.80. The van der Waals surface area contributed by atoms with E-state index in [1.807, 2.05) is 0 Å². The zero-order valence-electron chi connectivity index (χ0n) is 5.31. The minimum absolute atomic E-state index is 0. The Morgan fingerprint density at radius 2 is 2.25 bits per heavy atom. The van der Waals surface area contributed by atoms with E-state index in [1.54, 1.807) is 17.2 Å². The molecule has 0 spiro atoms. The Kier molecular flexibility index (Phi) is 9.09. The first-order chi connectivity index (χ1) is 3.31. The average Bonchev–Trinajstić information content (AvgIpc) is 1.68. The first-order valence-electron chi connectivity index (χ1n) is 2.26. The lowest BCUT2D eigenvalue weighted by Crippen LogP contribution is -1.61. The lowest BCUT2D eigenvalue weighted by atomic mass is 10.5. The van der Waals surface area contributed by atoms with Crippen molar-refractivity contribution in [3.05, 3.63) is 23.5 Å². The predicted octanol–water partition coefficient (Wildman–Crippen LogP) is 2.95. The van der Waals surface area contributed by atoms with Gasteiger partial charge in [-0.3, -0.25) is 0 Å². The van der Waals surface area contributed by atoms with E-state index in [9.17, 15) is 0 Å². The molecule has 0 heterocycles. The molecule has 0 saturated heterocycles. The van der Waals surface area contributed by atoms with Crippen LogP contribution in [0, 0.1) is 0 Å². The maximum atomic E-state index is 3.75. The molecule has 0 aliphatic heterocycles. The molecule has 3 N–H and O–H groups in total. The number of hydrogen-bond acceptors (Lipinski definition) is 2. The lowest BCUT2D eigenvalue weighted by Gasteiger charge is -1.90. The van der Waals surface area contributed by atoms with Crippen LogP contribution in [-0.4, -0.2) is 0 Å². The van der Waals surface area contributed by atoms with E-state index in [2.05, 4.69) is 20.1 Å². The van der Waals surface area contributed by atoms with Crippen molar-refractivity contribution in [2.24, 2.45) is 0 Å². The van der Waals surface area contributed by atoms with Crippen LogP contribution in [-0.2, 0) is 0 Å². The maximum Gasteiger partial charge on any atom is -0.0183 e. The Morgan fingerprint density at radius 3 is 2.38 bits per heavy atom. The summed E-state index contributed by atoms with van der Waals surface area (Å²) in [5.74, 6) is 0. The Labute approximate surface area is 55.4 Å². The van der Waals surface area contributed by atoms with Gasteiger partial charge in [0, 0.05) is 0 Å². The highest BCUT2D eigenvalue weighted by Gasteiger charge is 1.81. The standard InChI is InChI=1S/C6H10S.H3N/c1-4-6(3)7-5-2;/h5H,2-4H2,1H3;1H3. The number of rotatable bonds is 3. The molecule has 48 valence electrons. The van der Waals surface area contributed by atoms with Gasteiger partial charge in [-0.1, -0.05) is 20.1 Å². The molecule has 0 saturated carbocycles. The van der Waals surface area contributed by atoms with E-state index in [0.29, 0.717) is 0 Å². The monoisotopic (exact) mass is 131 g/mol. The highest BCUT2D eigenvalue weighted by atomic mass is 32.2. The average molecular weight is 131 g/mol. The van der Waals surface area contributed by atoms with Gasteiger partial charge in [0.05, 0.1) is 0 Å². The second-order valence-corrected chi connectivity index (χ2v) is 2.32. The highest BCUT2D eigenvalue weighted by Crippen LogP contribution is 2.15. The Hall–Kier alpha value is -0.210. The van der Waals surface area contributed by atoms with Gasteiger partial charge in [0.25, 0.3) is 0 Å². The maximum absolute atomic E-state index is 3.75. The van der Waals surface area contributed by atoms with Crippen molar-refractivity contribution in [3.63, 3.8) is 0 Å². The quantitative estimate of drug-likeness (QED) is 0.639. The van der Waals surface area contributed by atoms with Gasteiger partial charge in [-0.25, -0.2) is 0 Å². The number of allylic oxidation sites excluding steroid dienone is 1. The summed E-state index contributed by atoms with van der Waals surface area (Å²) in [7, 11) is 0. The summed E-state index contributed by atoms with van der Waals surface area (Å²) in [6, 6.07) is 0. The Balaban J connectivity index is 0. The SMILES string of the molecule is C=CSC(=C)CC.N. The predicted molar refractivity (Wildman–Crippen MR) is 42.2 cm³/mol. The molecule has 0 unspecified atom stereocenters. The molecule has 0 atom stereocenters. The Bertz CT molecular complexity index is 78.6. The summed E-state index contributed by atoms with van der Waals surface area (Å²) in [6.45, 7) is 9.39. The van der Waals surface area contributed by atoms with Crippen molar-refractivity contribution in [1.29, 1.82) is 0 Å². The molecule has 8 heavy (non-hydrogen) atoms. The normalized spacial score (nSPS) is 7.12. The highest BCUT2D eigenvalue weighted by molar-refractivity contribution is 8.05. The third-order valence-corrected chi connectivity index (χ3v) is 1.43. The summed E-state index contributed by atoms with van der Waals surface area (Å²) < 4.78 is 0. The molecule has 0 rings (SSSR count). The fourth-order valence-corrected chi connectivity index (χ4v) is 0.604. The molecular weight excluding hydrogens is 118 g/mol. The van der Waals surface area contributed by atoms with Gasteiger partial charge in [-0.05, 0) is 16.7 Å². The molecule has 2 heteroatoms. The van der Waals surface area contributed by atoms with E-state index in [1.165, 1.54) is 4.91 Å². The van der Waals surface area contributed by atoms with E-state index in [0.717, 1.165) is 6.42 Å². The third kappa shape index (κ3) is 5.79. The van der Waals surface area contributed by atoms with Crippen LogP contribution in [0.15, 0.2) is 23.5 Å². The first-order valence-corrected chi connectivity index (χ1v) is 3.14. The van der Waals surface area contributed by atoms with Crippen molar-refractivity contribution in [2.75, 3.05) is 0 Å². The van der Waals surface area contributed by atoms with Crippen molar-refractivity contribution in [3.8, 4) is 0 Å². The fourth-order valence-electron chi connectivity index (χ4n) is 0.201. The zero-order valence-corrected chi connectivity index (χ0v) is 6.13. The molecule has 0 aliphatic rings. The van der Waals surface area contributed by atoms with Crippen molar-refractivity contribution in [1.82, 2.24) is 6.15 Å². The lowest BCUT2D eigenvalue weighted by molar-refractivity contribution is 1.21. The minimum atomic E-state index is 0. The topological polar surface area (TPSA) is 35.0 Å². The van der Waals surface area contributed by atoms with Gasteiger partial charge in [0.15, 0.2) is 0 Å². The molecule has 0 fully saturated rings. The molecule has 0 aromatic carbocycles. The first kappa shape index (κ1) is 10.7. The van der Waals surface area contributed by atoms with Crippen LogP contribution in [0.3, 0.4) is 0 Å². The second kappa shape index (κ2) is 6.79. The second-order valence-electron chi connectivity index (χ2n) is 1.18. The molecule has 0 radical (unpaired) electrons. The molecule has 0 aliphatic carbocycles. The third-order valence-electron chi connectivity index (χ3n) is 0.644. The van der Waals surface area contributed by atoms with Crippen molar-refractivity contribution >= 4 is 11.8 Å². The zero-order chi connectivity index (χ0) is 5.70. The molecule has 0 amide bonds. The van der Waals surface area contributed by atoms with Gasteiger partial charge < -0.3 is 6.15 Å². The van der Waals surface area contributed by atoms with Crippen LogP contribution in [0.4, 0.5) is 0 Å². The van der Waals surface area contributed by atoms with Crippen LogP contribution in [0.5, 0.6) is 0 Å². The Morgan fingerprint density at radius 1 is 1.75 bits per heavy atom. The van der Waals surface area contributed by atoms with E-state index < -0.39 is 0 Å². The van der Waals surface area contributed by atoms with Crippen LogP contribution >= 0.6 is 11.8 Å². The smallest absolute Gasteiger partial charge is 0.0183 e. The van der Waals surface area contributed by atoms with Crippen LogP contribution in [0.2, 0.25) is 0 Å². The van der Waals surface area contributed by atoms with Gasteiger partial charge in [-0.2, -0.15) is 0 Å². The number of hydrogen-bond donors (Lipinski definition) is 1. The van der Waals surface area contributed by atoms with E-state index in [-0.39, 0.29) is 6.15 Å². The van der Waals surface area contributed by atoms with Crippen LogP contribution in [0.25, 0.3) is 0 Å². The summed E-state index contributed by atoms with van der Waals surface area (Å²) >= 11 is 1.60. The fraction of sp³-hybridized carbons (Fsp3) is 0.333. The summed E-state index contributed by atoms with van der Waals surface area (Å²) in [5.41, 5.74) is 0. The number of thioether (sulfide) groups is 1. The van der Waals surface area contributed by atoms with Crippen LogP contribution in [0.1, 0.15) is 13.3 Å².